The normalized spacial score (nSPS) is 24.3. The van der Waals surface area contributed by atoms with Gasteiger partial charge < -0.3 is 10.1 Å². The molecule has 0 heterocycles. The molecule has 1 aliphatic carbocycles. The van der Waals surface area contributed by atoms with Gasteiger partial charge in [0.15, 0.2) is 0 Å². The standard InChI is InChI=1S/C9H17N3O3/c1-5(2)15-9(14)11-7-3-6(4-7)8(13)12-10/h5-7H,3-4,10H2,1-2H3,(H,11,14)(H,12,13)/t6-,7+. The minimum atomic E-state index is -0.429. The lowest BCUT2D eigenvalue weighted by molar-refractivity contribution is -0.128. The number of nitrogens with two attached hydrogens (primary N) is 1. The van der Waals surface area contributed by atoms with Crippen LogP contribution in [0.25, 0.3) is 0 Å². The maximum absolute atomic E-state index is 11.1. The topological polar surface area (TPSA) is 93.4 Å². The van der Waals surface area contributed by atoms with E-state index in [1.807, 2.05) is 0 Å². The zero-order chi connectivity index (χ0) is 11.4. The van der Waals surface area contributed by atoms with E-state index in [9.17, 15) is 9.59 Å². The van der Waals surface area contributed by atoms with Crippen molar-refractivity contribution < 1.29 is 14.3 Å². The van der Waals surface area contributed by atoms with Crippen molar-refractivity contribution in [3.05, 3.63) is 0 Å². The monoisotopic (exact) mass is 215 g/mol. The van der Waals surface area contributed by atoms with Gasteiger partial charge in [-0.05, 0) is 26.7 Å². The molecule has 0 aromatic carbocycles. The molecule has 0 aromatic rings. The van der Waals surface area contributed by atoms with Crippen LogP contribution in [-0.4, -0.2) is 24.1 Å². The molecule has 0 radical (unpaired) electrons. The van der Waals surface area contributed by atoms with E-state index in [4.69, 9.17) is 10.6 Å². The molecule has 86 valence electrons. The van der Waals surface area contributed by atoms with E-state index in [0.29, 0.717) is 12.8 Å². The van der Waals surface area contributed by atoms with Crippen LogP contribution < -0.4 is 16.6 Å². The minimum Gasteiger partial charge on any atom is -0.447 e. The van der Waals surface area contributed by atoms with Crippen molar-refractivity contribution in [3.8, 4) is 0 Å². The number of carbonyl (C=O) groups excluding carboxylic acids is 2. The van der Waals surface area contributed by atoms with E-state index < -0.39 is 6.09 Å². The van der Waals surface area contributed by atoms with Gasteiger partial charge in [0.05, 0.1) is 6.10 Å². The van der Waals surface area contributed by atoms with E-state index in [1.54, 1.807) is 13.8 Å². The molecule has 6 nitrogen and oxygen atoms in total. The molecule has 0 aromatic heterocycles. The Morgan fingerprint density at radius 2 is 2.00 bits per heavy atom. The Morgan fingerprint density at radius 3 is 2.47 bits per heavy atom. The van der Waals surface area contributed by atoms with Gasteiger partial charge in [0.1, 0.15) is 0 Å². The summed E-state index contributed by atoms with van der Waals surface area (Å²) in [5.41, 5.74) is 2.09. The average Bonchev–Trinajstić information content (AvgIpc) is 2.08. The van der Waals surface area contributed by atoms with Crippen LogP contribution in [0.15, 0.2) is 0 Å². The Labute approximate surface area is 88.5 Å². The summed E-state index contributed by atoms with van der Waals surface area (Å²) in [6.07, 6.45) is 0.682. The molecule has 2 amide bonds. The summed E-state index contributed by atoms with van der Waals surface area (Å²) in [5, 5.41) is 2.67. The summed E-state index contributed by atoms with van der Waals surface area (Å²) < 4.78 is 4.90. The van der Waals surface area contributed by atoms with Gasteiger partial charge in [0.25, 0.3) is 0 Å². The lowest BCUT2D eigenvalue weighted by Gasteiger charge is -2.33. The summed E-state index contributed by atoms with van der Waals surface area (Å²) in [4.78, 5) is 22.2. The highest BCUT2D eigenvalue weighted by molar-refractivity contribution is 5.79. The number of amides is 2. The van der Waals surface area contributed by atoms with Crippen molar-refractivity contribution in [2.45, 2.75) is 38.8 Å². The van der Waals surface area contributed by atoms with Gasteiger partial charge in [-0.15, -0.1) is 0 Å². The highest BCUT2D eigenvalue weighted by Crippen LogP contribution is 2.27. The first-order valence-corrected chi connectivity index (χ1v) is 5.00. The molecule has 1 aliphatic rings. The third-order valence-electron chi connectivity index (χ3n) is 2.32. The van der Waals surface area contributed by atoms with Crippen molar-refractivity contribution in [1.29, 1.82) is 0 Å². The molecule has 0 saturated heterocycles. The average molecular weight is 215 g/mol. The van der Waals surface area contributed by atoms with Crippen molar-refractivity contribution in [3.63, 3.8) is 0 Å². The first-order valence-electron chi connectivity index (χ1n) is 5.00. The molecule has 0 atom stereocenters. The lowest BCUT2D eigenvalue weighted by atomic mass is 9.80. The van der Waals surface area contributed by atoms with Gasteiger partial charge in [-0.2, -0.15) is 0 Å². The molecule has 0 unspecified atom stereocenters. The number of hydrogen-bond acceptors (Lipinski definition) is 4. The number of ether oxygens (including phenoxy) is 1. The second-order valence-corrected chi connectivity index (χ2v) is 3.97. The molecule has 4 N–H and O–H groups in total. The van der Waals surface area contributed by atoms with Crippen LogP contribution in [0.3, 0.4) is 0 Å². The number of nitrogens with one attached hydrogen (secondary N) is 2. The van der Waals surface area contributed by atoms with E-state index in [0.717, 1.165) is 0 Å². The predicted octanol–water partition coefficient (Wildman–Crippen LogP) is -0.110. The summed E-state index contributed by atoms with van der Waals surface area (Å²) in [6, 6.07) is 0.0264. The number of rotatable bonds is 3. The largest absolute Gasteiger partial charge is 0.447 e. The molecular formula is C9H17N3O3. The second-order valence-electron chi connectivity index (χ2n) is 3.97. The van der Waals surface area contributed by atoms with Crippen LogP contribution in [-0.2, 0) is 9.53 Å². The SMILES string of the molecule is CC(C)OC(=O)N[C@H]1C[C@@H](C(=O)NN)C1. The Morgan fingerprint density at radius 1 is 1.40 bits per heavy atom. The van der Waals surface area contributed by atoms with Crippen LogP contribution in [0.1, 0.15) is 26.7 Å². The van der Waals surface area contributed by atoms with Crippen LogP contribution in [0.4, 0.5) is 4.79 Å². The molecule has 1 rings (SSSR count). The highest BCUT2D eigenvalue weighted by Gasteiger charge is 2.35. The molecular weight excluding hydrogens is 198 g/mol. The van der Waals surface area contributed by atoms with Crippen molar-refractivity contribution in [2.75, 3.05) is 0 Å². The first-order chi connectivity index (χ1) is 7.02. The summed E-state index contributed by atoms with van der Waals surface area (Å²) >= 11 is 0. The molecule has 0 bridgehead atoms. The Hall–Kier alpha value is -1.30. The lowest BCUT2D eigenvalue weighted by Crippen LogP contribution is -2.50. The third-order valence-corrected chi connectivity index (χ3v) is 2.32. The maximum Gasteiger partial charge on any atom is 0.407 e. The third kappa shape index (κ3) is 3.39. The molecule has 0 spiro atoms. The fourth-order valence-electron chi connectivity index (χ4n) is 1.48. The predicted molar refractivity (Wildman–Crippen MR) is 53.6 cm³/mol. The van der Waals surface area contributed by atoms with Gasteiger partial charge in [0.2, 0.25) is 5.91 Å². The summed E-state index contributed by atoms with van der Waals surface area (Å²) in [7, 11) is 0. The van der Waals surface area contributed by atoms with Crippen LogP contribution in [0.2, 0.25) is 0 Å². The van der Waals surface area contributed by atoms with Crippen molar-refractivity contribution in [1.82, 2.24) is 10.7 Å². The molecule has 15 heavy (non-hydrogen) atoms. The van der Waals surface area contributed by atoms with E-state index in [-0.39, 0.29) is 24.0 Å². The fourth-order valence-corrected chi connectivity index (χ4v) is 1.48. The Bertz CT molecular complexity index is 249. The zero-order valence-corrected chi connectivity index (χ0v) is 8.95. The molecule has 0 aliphatic heterocycles. The molecule has 1 saturated carbocycles. The maximum atomic E-state index is 11.1. The second kappa shape index (κ2) is 4.97. The van der Waals surface area contributed by atoms with Crippen molar-refractivity contribution >= 4 is 12.0 Å². The number of alkyl carbamates (subject to hydrolysis) is 1. The van der Waals surface area contributed by atoms with Crippen molar-refractivity contribution in [2.24, 2.45) is 11.8 Å². The number of hydrazine groups is 1. The minimum absolute atomic E-state index is 0.0264. The van der Waals surface area contributed by atoms with Gasteiger partial charge >= 0.3 is 6.09 Å². The van der Waals surface area contributed by atoms with Gasteiger partial charge in [-0.25, -0.2) is 10.6 Å². The van der Waals surface area contributed by atoms with Gasteiger partial charge in [-0.1, -0.05) is 0 Å². The van der Waals surface area contributed by atoms with E-state index in [1.165, 1.54) is 0 Å². The van der Waals surface area contributed by atoms with Gasteiger partial charge in [-0.3, -0.25) is 10.2 Å². The smallest absolute Gasteiger partial charge is 0.407 e. The highest BCUT2D eigenvalue weighted by atomic mass is 16.6. The summed E-state index contributed by atoms with van der Waals surface area (Å²) in [6.45, 7) is 3.57. The Kier molecular flexibility index (Phi) is 3.90. The first kappa shape index (κ1) is 11.8. The Balaban J connectivity index is 2.17. The molecule has 6 heteroatoms. The zero-order valence-electron chi connectivity index (χ0n) is 8.95. The van der Waals surface area contributed by atoms with Crippen LogP contribution >= 0.6 is 0 Å². The molecule has 1 fully saturated rings. The van der Waals surface area contributed by atoms with Crippen LogP contribution in [0.5, 0.6) is 0 Å². The number of hydrogen-bond donors (Lipinski definition) is 3. The number of carbonyl (C=O) groups is 2. The fraction of sp³-hybridized carbons (Fsp3) is 0.778. The quantitative estimate of drug-likeness (QED) is 0.348. The summed E-state index contributed by atoms with van der Waals surface area (Å²) in [5.74, 6) is 4.72. The van der Waals surface area contributed by atoms with E-state index in [2.05, 4.69) is 10.7 Å². The van der Waals surface area contributed by atoms with Gasteiger partial charge in [0, 0.05) is 12.0 Å². The van der Waals surface area contributed by atoms with Crippen LogP contribution in [0, 0.1) is 5.92 Å². The van der Waals surface area contributed by atoms with E-state index >= 15 is 0 Å².